The van der Waals surface area contributed by atoms with Crippen molar-refractivity contribution in [2.45, 2.75) is 38.2 Å². The molecule has 0 bridgehead atoms. The topological polar surface area (TPSA) is 57.6 Å². The molecule has 1 atom stereocenters. The molecule has 2 fully saturated rings. The number of piperidine rings is 1. The fourth-order valence-corrected chi connectivity index (χ4v) is 5.89. The molecule has 1 aromatic rings. The van der Waals surface area contributed by atoms with Crippen LogP contribution in [0.2, 0.25) is 0 Å². The van der Waals surface area contributed by atoms with Gasteiger partial charge in [0.1, 0.15) is 0 Å². The fraction of sp³-hybridized carbons (Fsp3) is 0.667. The highest BCUT2D eigenvalue weighted by atomic mass is 32.2. The van der Waals surface area contributed by atoms with E-state index in [9.17, 15) is 13.5 Å². The molecule has 1 N–H and O–H groups in total. The second-order valence-corrected chi connectivity index (χ2v) is 9.28. The molecule has 23 heavy (non-hydrogen) atoms. The van der Waals surface area contributed by atoms with E-state index in [1.165, 1.54) is 5.56 Å². The van der Waals surface area contributed by atoms with Crippen LogP contribution in [0.25, 0.3) is 0 Å². The molecule has 0 amide bonds. The second-order valence-electron chi connectivity index (χ2n) is 7.05. The van der Waals surface area contributed by atoms with E-state index < -0.39 is 9.84 Å². The number of nitrogens with zero attached hydrogens (tertiary/aromatic N) is 1. The lowest BCUT2D eigenvalue weighted by Gasteiger charge is -2.35. The van der Waals surface area contributed by atoms with Gasteiger partial charge in [0.15, 0.2) is 9.84 Å². The van der Waals surface area contributed by atoms with Crippen LogP contribution in [0.5, 0.6) is 0 Å². The third kappa shape index (κ3) is 4.34. The van der Waals surface area contributed by atoms with Gasteiger partial charge in [-0.1, -0.05) is 24.3 Å². The number of benzene rings is 1. The van der Waals surface area contributed by atoms with Crippen LogP contribution in [-0.4, -0.2) is 49.6 Å². The average Bonchev–Trinajstić information content (AvgIpc) is 2.55. The van der Waals surface area contributed by atoms with Crippen molar-refractivity contribution >= 4 is 9.84 Å². The van der Waals surface area contributed by atoms with Crippen molar-refractivity contribution in [3.8, 4) is 0 Å². The van der Waals surface area contributed by atoms with Crippen LogP contribution in [0.1, 0.15) is 42.7 Å². The molecule has 2 saturated heterocycles. The Kier molecular flexibility index (Phi) is 5.39. The van der Waals surface area contributed by atoms with Gasteiger partial charge >= 0.3 is 0 Å². The number of hydrogen-bond acceptors (Lipinski definition) is 4. The molecule has 1 aromatic carbocycles. The van der Waals surface area contributed by atoms with Gasteiger partial charge in [-0.15, -0.1) is 0 Å². The molecule has 3 rings (SSSR count). The first-order valence-corrected chi connectivity index (χ1v) is 10.5. The van der Waals surface area contributed by atoms with E-state index in [0.29, 0.717) is 23.3 Å². The molecule has 0 radical (unpaired) electrons. The van der Waals surface area contributed by atoms with Crippen molar-refractivity contribution in [1.29, 1.82) is 0 Å². The first-order valence-electron chi connectivity index (χ1n) is 8.69. The van der Waals surface area contributed by atoms with Gasteiger partial charge in [0.05, 0.1) is 18.1 Å². The summed E-state index contributed by atoms with van der Waals surface area (Å²) >= 11 is 0. The highest BCUT2D eigenvalue weighted by molar-refractivity contribution is 7.91. The van der Waals surface area contributed by atoms with Crippen LogP contribution in [0.15, 0.2) is 24.3 Å². The molecule has 4 nitrogen and oxygen atoms in total. The molecule has 128 valence electrons. The minimum atomic E-state index is -2.80. The molecule has 2 heterocycles. The van der Waals surface area contributed by atoms with E-state index in [-0.39, 0.29) is 6.61 Å². The maximum absolute atomic E-state index is 11.8. The molecule has 2 aliphatic rings. The largest absolute Gasteiger partial charge is 0.392 e. The SMILES string of the molecule is O=S1(=O)CCCC(CN2CCC(c3ccccc3CO)CC2)C1. The molecule has 2 aliphatic heterocycles. The van der Waals surface area contributed by atoms with Gasteiger partial charge in [-0.25, -0.2) is 8.42 Å². The van der Waals surface area contributed by atoms with E-state index in [1.807, 2.05) is 18.2 Å². The minimum absolute atomic E-state index is 0.107. The van der Waals surface area contributed by atoms with Gasteiger partial charge < -0.3 is 10.0 Å². The standard InChI is InChI=1S/C18H27NO3S/c20-13-17-5-1-2-6-18(17)16-7-9-19(10-8-16)12-15-4-3-11-23(21,22)14-15/h1-2,5-6,15-16,20H,3-4,7-14H2. The van der Waals surface area contributed by atoms with Gasteiger partial charge in [0, 0.05) is 6.54 Å². The number of likely N-dealkylation sites (tertiary alicyclic amines) is 1. The predicted molar refractivity (Wildman–Crippen MR) is 92.2 cm³/mol. The van der Waals surface area contributed by atoms with Crippen LogP contribution in [0.3, 0.4) is 0 Å². The van der Waals surface area contributed by atoms with Gasteiger partial charge in [0.2, 0.25) is 0 Å². The van der Waals surface area contributed by atoms with Gasteiger partial charge in [-0.3, -0.25) is 0 Å². The number of aliphatic hydroxyl groups is 1. The average molecular weight is 337 g/mol. The number of sulfone groups is 1. The molecule has 1 unspecified atom stereocenters. The monoisotopic (exact) mass is 337 g/mol. The summed E-state index contributed by atoms with van der Waals surface area (Å²) in [7, 11) is -2.80. The Hall–Kier alpha value is -0.910. The van der Waals surface area contributed by atoms with Crippen molar-refractivity contribution in [3.05, 3.63) is 35.4 Å². The Morgan fingerprint density at radius 1 is 1.13 bits per heavy atom. The smallest absolute Gasteiger partial charge is 0.150 e. The molecule has 0 aromatic heterocycles. The van der Waals surface area contributed by atoms with Crippen molar-refractivity contribution in [2.24, 2.45) is 5.92 Å². The van der Waals surface area contributed by atoms with E-state index in [1.54, 1.807) is 0 Å². The summed E-state index contributed by atoms with van der Waals surface area (Å²) in [6, 6.07) is 8.18. The second kappa shape index (κ2) is 7.32. The van der Waals surface area contributed by atoms with Crippen LogP contribution < -0.4 is 0 Å². The lowest BCUT2D eigenvalue weighted by Crippen LogP contribution is -2.40. The third-order valence-electron chi connectivity index (χ3n) is 5.33. The zero-order chi connectivity index (χ0) is 16.3. The Morgan fingerprint density at radius 3 is 2.57 bits per heavy atom. The highest BCUT2D eigenvalue weighted by Crippen LogP contribution is 2.31. The lowest BCUT2D eigenvalue weighted by molar-refractivity contribution is 0.182. The maximum Gasteiger partial charge on any atom is 0.150 e. The van der Waals surface area contributed by atoms with Gasteiger partial charge in [-0.2, -0.15) is 0 Å². The summed E-state index contributed by atoms with van der Waals surface area (Å²) < 4.78 is 23.5. The predicted octanol–water partition coefficient (Wildman–Crippen LogP) is 2.18. The van der Waals surface area contributed by atoms with Crippen molar-refractivity contribution in [2.75, 3.05) is 31.1 Å². The minimum Gasteiger partial charge on any atom is -0.392 e. The first-order chi connectivity index (χ1) is 11.1. The normalized spacial score (nSPS) is 26.2. The summed E-state index contributed by atoms with van der Waals surface area (Å²) in [6.45, 7) is 3.09. The molecular weight excluding hydrogens is 310 g/mol. The van der Waals surface area contributed by atoms with Crippen LogP contribution in [0, 0.1) is 5.92 Å². The molecule has 0 spiro atoms. The summed E-state index contributed by atoms with van der Waals surface area (Å²) in [4.78, 5) is 2.43. The van der Waals surface area contributed by atoms with E-state index in [2.05, 4.69) is 11.0 Å². The zero-order valence-corrected chi connectivity index (χ0v) is 14.5. The van der Waals surface area contributed by atoms with Crippen LogP contribution >= 0.6 is 0 Å². The Balaban J connectivity index is 1.54. The third-order valence-corrected chi connectivity index (χ3v) is 7.22. The van der Waals surface area contributed by atoms with Crippen LogP contribution in [-0.2, 0) is 16.4 Å². The summed E-state index contributed by atoms with van der Waals surface area (Å²) in [6.07, 6.45) is 4.06. The van der Waals surface area contributed by atoms with Crippen LogP contribution in [0.4, 0.5) is 0 Å². The molecular formula is C18H27NO3S. The summed E-state index contributed by atoms with van der Waals surface area (Å²) in [5, 5.41) is 9.50. The Bertz CT molecular complexity index is 621. The van der Waals surface area contributed by atoms with E-state index >= 15 is 0 Å². The summed E-state index contributed by atoms with van der Waals surface area (Å²) in [5.74, 6) is 1.59. The van der Waals surface area contributed by atoms with Gasteiger partial charge in [0.25, 0.3) is 0 Å². The Labute approximate surface area is 139 Å². The number of hydrogen-bond donors (Lipinski definition) is 1. The number of rotatable bonds is 4. The number of aliphatic hydroxyl groups excluding tert-OH is 1. The zero-order valence-electron chi connectivity index (χ0n) is 13.7. The molecule has 0 saturated carbocycles. The fourth-order valence-electron chi connectivity index (χ4n) is 4.13. The van der Waals surface area contributed by atoms with E-state index in [0.717, 1.165) is 50.9 Å². The first kappa shape index (κ1) is 16.9. The van der Waals surface area contributed by atoms with Crippen molar-refractivity contribution in [1.82, 2.24) is 4.90 Å². The maximum atomic E-state index is 11.8. The van der Waals surface area contributed by atoms with Crippen molar-refractivity contribution in [3.63, 3.8) is 0 Å². The Morgan fingerprint density at radius 2 is 1.87 bits per heavy atom. The summed E-state index contributed by atoms with van der Waals surface area (Å²) in [5.41, 5.74) is 2.33. The van der Waals surface area contributed by atoms with E-state index in [4.69, 9.17) is 0 Å². The quantitative estimate of drug-likeness (QED) is 0.915. The highest BCUT2D eigenvalue weighted by Gasteiger charge is 2.28. The molecule has 0 aliphatic carbocycles. The van der Waals surface area contributed by atoms with Gasteiger partial charge in [-0.05, 0) is 61.7 Å². The van der Waals surface area contributed by atoms with Crippen molar-refractivity contribution < 1.29 is 13.5 Å². The lowest BCUT2D eigenvalue weighted by atomic mass is 9.86. The molecule has 5 heteroatoms.